The molecular formula is C12H25O4P. The summed E-state index contributed by atoms with van der Waals surface area (Å²) in [5.41, 5.74) is 0. The smallest absolute Gasteiger partial charge is 0.333 e. The van der Waals surface area contributed by atoms with Crippen LogP contribution in [0.5, 0.6) is 0 Å². The van der Waals surface area contributed by atoms with E-state index in [4.69, 9.17) is 13.8 Å². The zero-order valence-corrected chi connectivity index (χ0v) is 12.1. The minimum absolute atomic E-state index is 0.0406. The minimum atomic E-state index is -2.95. The summed E-state index contributed by atoms with van der Waals surface area (Å²) in [7, 11) is -2.95. The van der Waals surface area contributed by atoms with Gasteiger partial charge in [-0.15, -0.1) is 0 Å². The van der Waals surface area contributed by atoms with Crippen LogP contribution in [-0.4, -0.2) is 32.1 Å². The highest BCUT2D eigenvalue weighted by molar-refractivity contribution is 7.53. The summed E-state index contributed by atoms with van der Waals surface area (Å²) in [6, 6.07) is 0. The number of hydrogen-bond donors (Lipinski definition) is 0. The van der Waals surface area contributed by atoms with Crippen LogP contribution < -0.4 is 0 Å². The van der Waals surface area contributed by atoms with Crippen LogP contribution in [0.2, 0.25) is 0 Å². The van der Waals surface area contributed by atoms with Crippen molar-refractivity contribution in [2.75, 3.05) is 26.0 Å². The van der Waals surface area contributed by atoms with Gasteiger partial charge in [-0.25, -0.2) is 0 Å². The van der Waals surface area contributed by atoms with E-state index in [2.05, 4.69) is 6.92 Å². The fraction of sp³-hybridized carbons (Fsp3) is 1.00. The third-order valence-corrected chi connectivity index (χ3v) is 5.17. The highest BCUT2D eigenvalue weighted by atomic mass is 31.2. The molecule has 0 aromatic rings. The van der Waals surface area contributed by atoms with E-state index in [9.17, 15) is 4.57 Å². The SMILES string of the molecule is CCC[C@@H]1CCO[C@@H]1CP(=O)(OCC)OCC. The predicted molar refractivity (Wildman–Crippen MR) is 68.5 cm³/mol. The molecule has 1 heterocycles. The lowest BCUT2D eigenvalue weighted by Gasteiger charge is -2.23. The van der Waals surface area contributed by atoms with Gasteiger partial charge in [0, 0.05) is 6.61 Å². The molecule has 0 aliphatic carbocycles. The second-order valence-electron chi connectivity index (χ2n) is 4.38. The molecule has 4 nitrogen and oxygen atoms in total. The van der Waals surface area contributed by atoms with E-state index < -0.39 is 7.60 Å². The first-order valence-electron chi connectivity index (χ1n) is 6.65. The zero-order valence-electron chi connectivity index (χ0n) is 11.2. The lowest BCUT2D eigenvalue weighted by Crippen LogP contribution is -2.22. The van der Waals surface area contributed by atoms with Crippen LogP contribution in [0.3, 0.4) is 0 Å². The van der Waals surface area contributed by atoms with Gasteiger partial charge in [-0.2, -0.15) is 0 Å². The monoisotopic (exact) mass is 264 g/mol. The molecule has 0 aromatic heterocycles. The van der Waals surface area contributed by atoms with Crippen LogP contribution in [0.4, 0.5) is 0 Å². The first kappa shape index (κ1) is 15.2. The minimum Gasteiger partial charge on any atom is -0.377 e. The van der Waals surface area contributed by atoms with Gasteiger partial charge in [-0.1, -0.05) is 13.3 Å². The highest BCUT2D eigenvalue weighted by Gasteiger charge is 2.36. The summed E-state index contributed by atoms with van der Waals surface area (Å²) in [4.78, 5) is 0. The molecule has 1 aliphatic heterocycles. The molecule has 0 N–H and O–H groups in total. The Bertz CT molecular complexity index is 247. The second kappa shape index (κ2) is 7.52. The van der Waals surface area contributed by atoms with Crippen molar-refractivity contribution in [1.82, 2.24) is 0 Å². The molecule has 1 fully saturated rings. The molecular weight excluding hydrogens is 239 g/mol. The van der Waals surface area contributed by atoms with Crippen LogP contribution in [0.1, 0.15) is 40.0 Å². The molecule has 0 bridgehead atoms. The fourth-order valence-corrected chi connectivity index (χ4v) is 4.27. The quantitative estimate of drug-likeness (QED) is 0.630. The molecule has 0 aromatic carbocycles. The first-order valence-corrected chi connectivity index (χ1v) is 8.37. The van der Waals surface area contributed by atoms with Gasteiger partial charge in [-0.05, 0) is 32.6 Å². The van der Waals surface area contributed by atoms with Gasteiger partial charge < -0.3 is 13.8 Å². The van der Waals surface area contributed by atoms with E-state index in [0.29, 0.717) is 25.3 Å². The summed E-state index contributed by atoms with van der Waals surface area (Å²) in [6.45, 7) is 7.45. The van der Waals surface area contributed by atoms with Crippen LogP contribution in [0, 0.1) is 5.92 Å². The average Bonchev–Trinajstić information content (AvgIpc) is 2.66. The van der Waals surface area contributed by atoms with Crippen molar-refractivity contribution < 1.29 is 18.3 Å². The van der Waals surface area contributed by atoms with Crippen LogP contribution >= 0.6 is 7.60 Å². The highest BCUT2D eigenvalue weighted by Crippen LogP contribution is 2.50. The molecule has 1 saturated heterocycles. The molecule has 5 heteroatoms. The maximum atomic E-state index is 12.4. The van der Waals surface area contributed by atoms with Crippen molar-refractivity contribution in [1.29, 1.82) is 0 Å². The van der Waals surface area contributed by atoms with Gasteiger partial charge in [0.05, 0.1) is 25.5 Å². The standard InChI is InChI=1S/C12H25O4P/c1-4-7-11-8-9-14-12(11)10-17(13,15-5-2)16-6-3/h11-12H,4-10H2,1-3H3/t11-,12-/m1/s1. The Kier molecular flexibility index (Phi) is 6.71. The number of hydrogen-bond acceptors (Lipinski definition) is 4. The van der Waals surface area contributed by atoms with E-state index in [-0.39, 0.29) is 6.10 Å². The molecule has 17 heavy (non-hydrogen) atoms. The van der Waals surface area contributed by atoms with Crippen LogP contribution in [-0.2, 0) is 18.3 Å². The Balaban J connectivity index is 2.56. The van der Waals surface area contributed by atoms with Crippen molar-refractivity contribution >= 4 is 7.60 Å². The van der Waals surface area contributed by atoms with Crippen molar-refractivity contribution in [3.63, 3.8) is 0 Å². The van der Waals surface area contributed by atoms with Gasteiger partial charge in [0.15, 0.2) is 0 Å². The summed E-state index contributed by atoms with van der Waals surface area (Å²) in [5, 5.41) is 0. The molecule has 0 unspecified atom stereocenters. The van der Waals surface area contributed by atoms with Crippen molar-refractivity contribution in [3.05, 3.63) is 0 Å². The molecule has 0 amide bonds. The number of ether oxygens (including phenoxy) is 1. The first-order chi connectivity index (χ1) is 8.15. The Hall–Kier alpha value is 0.110. The maximum Gasteiger partial charge on any atom is 0.333 e. The third-order valence-electron chi connectivity index (χ3n) is 3.06. The van der Waals surface area contributed by atoms with E-state index >= 15 is 0 Å². The topological polar surface area (TPSA) is 44.8 Å². The van der Waals surface area contributed by atoms with E-state index in [1.54, 1.807) is 0 Å². The lowest BCUT2D eigenvalue weighted by molar-refractivity contribution is 0.0966. The predicted octanol–water partition coefficient (Wildman–Crippen LogP) is 3.46. The molecule has 0 spiro atoms. The molecule has 1 aliphatic rings. The molecule has 102 valence electrons. The maximum absolute atomic E-state index is 12.4. The van der Waals surface area contributed by atoms with Crippen molar-refractivity contribution in [3.8, 4) is 0 Å². The van der Waals surface area contributed by atoms with Crippen molar-refractivity contribution in [2.45, 2.75) is 46.1 Å². The Labute approximate surface area is 105 Å². The Morgan fingerprint density at radius 3 is 2.41 bits per heavy atom. The van der Waals surface area contributed by atoms with E-state index in [0.717, 1.165) is 25.9 Å². The summed E-state index contributed by atoms with van der Waals surface area (Å²) in [5.74, 6) is 0.509. The third kappa shape index (κ3) is 4.70. The number of rotatable bonds is 8. The summed E-state index contributed by atoms with van der Waals surface area (Å²) < 4.78 is 28.7. The van der Waals surface area contributed by atoms with Gasteiger partial charge in [0.25, 0.3) is 0 Å². The van der Waals surface area contributed by atoms with Gasteiger partial charge >= 0.3 is 7.60 Å². The van der Waals surface area contributed by atoms with Crippen LogP contribution in [0.25, 0.3) is 0 Å². The Morgan fingerprint density at radius 1 is 1.24 bits per heavy atom. The zero-order chi connectivity index (χ0) is 12.7. The van der Waals surface area contributed by atoms with E-state index in [1.165, 1.54) is 0 Å². The molecule has 1 rings (SSSR count). The molecule has 2 atom stereocenters. The van der Waals surface area contributed by atoms with Crippen LogP contribution in [0.15, 0.2) is 0 Å². The molecule has 0 saturated carbocycles. The van der Waals surface area contributed by atoms with Gasteiger partial charge in [0.2, 0.25) is 0 Å². The normalized spacial score (nSPS) is 25.4. The molecule has 0 radical (unpaired) electrons. The second-order valence-corrected chi connectivity index (χ2v) is 6.48. The average molecular weight is 264 g/mol. The summed E-state index contributed by atoms with van der Waals surface area (Å²) >= 11 is 0. The van der Waals surface area contributed by atoms with Gasteiger partial charge in [-0.3, -0.25) is 4.57 Å². The van der Waals surface area contributed by atoms with Crippen molar-refractivity contribution in [2.24, 2.45) is 5.92 Å². The fourth-order valence-electron chi connectivity index (χ4n) is 2.35. The largest absolute Gasteiger partial charge is 0.377 e. The Morgan fingerprint density at radius 2 is 1.88 bits per heavy atom. The lowest BCUT2D eigenvalue weighted by atomic mass is 9.97. The van der Waals surface area contributed by atoms with Gasteiger partial charge in [0.1, 0.15) is 0 Å². The summed E-state index contributed by atoms with van der Waals surface area (Å²) in [6.07, 6.45) is 3.77. The van der Waals surface area contributed by atoms with E-state index in [1.807, 2.05) is 13.8 Å².